The summed E-state index contributed by atoms with van der Waals surface area (Å²) in [5.74, 6) is 0.444. The van der Waals surface area contributed by atoms with Gasteiger partial charge in [0.25, 0.3) is 0 Å². The highest BCUT2D eigenvalue weighted by Crippen LogP contribution is 2.24. The highest BCUT2D eigenvalue weighted by Gasteiger charge is 2.29. The Kier molecular flexibility index (Phi) is 5.69. The van der Waals surface area contributed by atoms with Gasteiger partial charge in [0.15, 0.2) is 0 Å². The molecule has 0 aromatic carbocycles. The first-order valence-electron chi connectivity index (χ1n) is 7.14. The third kappa shape index (κ3) is 4.30. The quantitative estimate of drug-likeness (QED) is 0.866. The fourth-order valence-corrected chi connectivity index (χ4v) is 1.86. The molecule has 1 rings (SSSR count). The van der Waals surface area contributed by atoms with Crippen molar-refractivity contribution >= 4 is 5.91 Å². The average molecular weight is 277 g/mol. The van der Waals surface area contributed by atoms with Gasteiger partial charge >= 0.3 is 0 Å². The fourth-order valence-electron chi connectivity index (χ4n) is 1.86. The van der Waals surface area contributed by atoms with Crippen molar-refractivity contribution in [1.82, 2.24) is 15.2 Å². The van der Waals surface area contributed by atoms with Crippen LogP contribution in [-0.4, -0.2) is 43.0 Å². The lowest BCUT2D eigenvalue weighted by Crippen LogP contribution is -2.42. The number of rotatable bonds is 6. The van der Waals surface area contributed by atoms with Crippen LogP contribution in [0.5, 0.6) is 0 Å². The smallest absolute Gasteiger partial charge is 0.230 e. The molecule has 0 spiro atoms. The van der Waals surface area contributed by atoms with Crippen molar-refractivity contribution in [3.8, 4) is 0 Å². The normalized spacial score (nSPS) is 12.0. The van der Waals surface area contributed by atoms with Gasteiger partial charge in [-0.15, -0.1) is 0 Å². The average Bonchev–Trinajstić information content (AvgIpc) is 2.38. The molecule has 0 bridgehead atoms. The van der Waals surface area contributed by atoms with E-state index in [1.165, 1.54) is 0 Å². The van der Waals surface area contributed by atoms with Crippen molar-refractivity contribution in [3.63, 3.8) is 0 Å². The van der Waals surface area contributed by atoms with Crippen LogP contribution in [0.2, 0.25) is 0 Å². The summed E-state index contributed by atoms with van der Waals surface area (Å²) in [4.78, 5) is 18.8. The Balaban J connectivity index is 2.73. The lowest BCUT2D eigenvalue weighted by atomic mass is 9.84. The molecule has 0 saturated heterocycles. The van der Waals surface area contributed by atoms with Crippen molar-refractivity contribution in [3.05, 3.63) is 29.6 Å². The Bertz CT molecular complexity index is 436. The van der Waals surface area contributed by atoms with E-state index in [0.717, 1.165) is 17.8 Å². The second-order valence-corrected chi connectivity index (χ2v) is 6.31. The number of hydrogen-bond donors (Lipinski definition) is 1. The molecule has 0 unspecified atom stereocenters. The van der Waals surface area contributed by atoms with Gasteiger partial charge < -0.3 is 10.2 Å². The minimum Gasteiger partial charge on any atom is -0.354 e. The second-order valence-electron chi connectivity index (χ2n) is 6.31. The topological polar surface area (TPSA) is 45.2 Å². The number of pyridine rings is 1. The molecule has 20 heavy (non-hydrogen) atoms. The second kappa shape index (κ2) is 6.84. The Morgan fingerprint density at radius 3 is 2.45 bits per heavy atom. The molecule has 0 saturated carbocycles. The van der Waals surface area contributed by atoms with Crippen LogP contribution in [-0.2, 0) is 10.2 Å². The molecule has 0 aliphatic rings. The van der Waals surface area contributed by atoms with Gasteiger partial charge in [-0.2, -0.15) is 0 Å². The Morgan fingerprint density at radius 1 is 1.35 bits per heavy atom. The molecule has 1 amide bonds. The zero-order valence-corrected chi connectivity index (χ0v) is 13.5. The van der Waals surface area contributed by atoms with E-state index in [1.54, 1.807) is 0 Å². The van der Waals surface area contributed by atoms with E-state index in [9.17, 15) is 4.79 Å². The number of likely N-dealkylation sites (N-methyl/N-ethyl adjacent to an activating group) is 1. The molecule has 4 heteroatoms. The Hall–Kier alpha value is -1.42. The molecule has 1 aromatic heterocycles. The van der Waals surface area contributed by atoms with E-state index in [0.29, 0.717) is 12.5 Å². The minimum absolute atomic E-state index is 0.0402. The maximum atomic E-state index is 12.3. The van der Waals surface area contributed by atoms with Gasteiger partial charge in [0.1, 0.15) is 0 Å². The fraction of sp³-hybridized carbons (Fsp3) is 0.625. The number of carbonyl (C=O) groups is 1. The van der Waals surface area contributed by atoms with Gasteiger partial charge in [-0.25, -0.2) is 0 Å². The van der Waals surface area contributed by atoms with E-state index in [-0.39, 0.29) is 5.91 Å². The molecule has 0 fully saturated rings. The Labute approximate surface area is 122 Å². The van der Waals surface area contributed by atoms with Gasteiger partial charge in [-0.1, -0.05) is 19.9 Å². The molecule has 0 atom stereocenters. The summed E-state index contributed by atoms with van der Waals surface area (Å²) in [6.07, 6.45) is 1.82. The van der Waals surface area contributed by atoms with Gasteiger partial charge in [-0.05, 0) is 45.5 Å². The van der Waals surface area contributed by atoms with Crippen molar-refractivity contribution in [2.45, 2.75) is 39.0 Å². The van der Waals surface area contributed by atoms with Crippen LogP contribution < -0.4 is 5.32 Å². The molecule has 4 nitrogen and oxygen atoms in total. The third-order valence-corrected chi connectivity index (χ3v) is 3.51. The summed E-state index contributed by atoms with van der Waals surface area (Å²) >= 11 is 0. The third-order valence-electron chi connectivity index (χ3n) is 3.51. The van der Waals surface area contributed by atoms with E-state index < -0.39 is 5.41 Å². The van der Waals surface area contributed by atoms with Crippen molar-refractivity contribution < 1.29 is 4.79 Å². The van der Waals surface area contributed by atoms with Crippen LogP contribution in [0.25, 0.3) is 0 Å². The summed E-state index contributed by atoms with van der Waals surface area (Å²) < 4.78 is 0. The lowest BCUT2D eigenvalue weighted by Gasteiger charge is -2.24. The Morgan fingerprint density at radius 2 is 2.00 bits per heavy atom. The zero-order chi connectivity index (χ0) is 15.3. The summed E-state index contributed by atoms with van der Waals surface area (Å²) in [6, 6.07) is 4.02. The van der Waals surface area contributed by atoms with E-state index >= 15 is 0 Å². The van der Waals surface area contributed by atoms with Gasteiger partial charge in [-0.3, -0.25) is 9.78 Å². The van der Waals surface area contributed by atoms with Crippen LogP contribution in [0.15, 0.2) is 18.3 Å². The summed E-state index contributed by atoms with van der Waals surface area (Å²) in [6.45, 7) is 9.59. The van der Waals surface area contributed by atoms with Crippen molar-refractivity contribution in [1.29, 1.82) is 0 Å². The number of nitrogens with zero attached hydrogens (tertiary/aromatic N) is 2. The predicted molar refractivity (Wildman–Crippen MR) is 82.9 cm³/mol. The zero-order valence-electron chi connectivity index (χ0n) is 13.5. The SMILES string of the molecule is CC(C)c1ccc(C(C)(C)C(=O)NCCN(C)C)cn1. The number of carbonyl (C=O) groups excluding carboxylic acids is 1. The first-order chi connectivity index (χ1) is 9.25. The van der Waals surface area contributed by atoms with Gasteiger partial charge in [0.2, 0.25) is 5.91 Å². The molecule has 1 aromatic rings. The number of aromatic nitrogens is 1. The van der Waals surface area contributed by atoms with E-state index in [2.05, 4.69) is 24.1 Å². The highest BCUT2D eigenvalue weighted by molar-refractivity contribution is 5.87. The molecule has 112 valence electrons. The summed E-state index contributed by atoms with van der Waals surface area (Å²) in [5, 5.41) is 2.98. The molecule has 0 radical (unpaired) electrons. The summed E-state index contributed by atoms with van der Waals surface area (Å²) in [7, 11) is 3.98. The van der Waals surface area contributed by atoms with E-state index in [1.807, 2.05) is 51.2 Å². The van der Waals surface area contributed by atoms with Crippen LogP contribution in [0.4, 0.5) is 0 Å². The molecular weight excluding hydrogens is 250 g/mol. The van der Waals surface area contributed by atoms with Crippen LogP contribution >= 0.6 is 0 Å². The first-order valence-corrected chi connectivity index (χ1v) is 7.14. The van der Waals surface area contributed by atoms with E-state index in [4.69, 9.17) is 0 Å². The number of amides is 1. The number of nitrogens with one attached hydrogen (secondary N) is 1. The monoisotopic (exact) mass is 277 g/mol. The van der Waals surface area contributed by atoms with Gasteiger partial charge in [0.05, 0.1) is 5.41 Å². The maximum absolute atomic E-state index is 12.3. The number of hydrogen-bond acceptors (Lipinski definition) is 3. The van der Waals surface area contributed by atoms with Crippen LogP contribution in [0.1, 0.15) is 44.9 Å². The molecule has 1 N–H and O–H groups in total. The minimum atomic E-state index is -0.561. The molecule has 0 aliphatic carbocycles. The molecular formula is C16H27N3O. The van der Waals surface area contributed by atoms with Gasteiger partial charge in [0, 0.05) is 25.0 Å². The summed E-state index contributed by atoms with van der Waals surface area (Å²) in [5.41, 5.74) is 1.44. The lowest BCUT2D eigenvalue weighted by molar-refractivity contribution is -0.125. The molecule has 0 aliphatic heterocycles. The predicted octanol–water partition coefficient (Wildman–Crippen LogP) is 2.16. The van der Waals surface area contributed by atoms with Crippen LogP contribution in [0.3, 0.4) is 0 Å². The highest BCUT2D eigenvalue weighted by atomic mass is 16.2. The first kappa shape index (κ1) is 16.6. The van der Waals surface area contributed by atoms with Crippen molar-refractivity contribution in [2.75, 3.05) is 27.2 Å². The van der Waals surface area contributed by atoms with Crippen LogP contribution in [0, 0.1) is 0 Å². The largest absolute Gasteiger partial charge is 0.354 e. The standard InChI is InChI=1S/C16H27N3O/c1-12(2)14-8-7-13(11-18-14)16(3,4)15(20)17-9-10-19(5)6/h7-8,11-12H,9-10H2,1-6H3,(H,17,20). The van der Waals surface area contributed by atoms with Crippen molar-refractivity contribution in [2.24, 2.45) is 0 Å². The molecule has 1 heterocycles. The maximum Gasteiger partial charge on any atom is 0.230 e.